The van der Waals surface area contributed by atoms with Gasteiger partial charge in [-0.15, -0.1) is 0 Å². The first-order chi connectivity index (χ1) is 12.7. The van der Waals surface area contributed by atoms with Crippen molar-refractivity contribution in [3.05, 3.63) is 24.0 Å². The zero-order valence-electron chi connectivity index (χ0n) is 17.6. The summed E-state index contributed by atoms with van der Waals surface area (Å²) in [4.78, 5) is 4.77. The number of nitrogens with one attached hydrogen (secondary N) is 1. The summed E-state index contributed by atoms with van der Waals surface area (Å²) in [7, 11) is 1.53. The SMILES string of the molecule is CCO[C@@H](CNC)Cn1c(C)nc2cccc(B3OC(C)(C)C(C)(C)O3)c21. The summed E-state index contributed by atoms with van der Waals surface area (Å²) in [5.74, 6) is 0.967. The standard InChI is InChI=1S/C20H32BN3O3/c1-8-25-15(12-22-7)13-24-14(2)23-17-11-9-10-16(18(17)24)21-26-19(3,4)20(5,6)27-21/h9-11,15,22H,8,12-13H2,1-7H3/t15-/m0/s1. The fourth-order valence-electron chi connectivity index (χ4n) is 3.56. The van der Waals surface area contributed by atoms with Gasteiger partial charge in [0.15, 0.2) is 0 Å². The molecule has 0 spiro atoms. The van der Waals surface area contributed by atoms with Gasteiger partial charge in [-0.25, -0.2) is 4.98 Å². The predicted octanol–water partition coefficient (Wildman–Crippen LogP) is 2.27. The molecule has 27 heavy (non-hydrogen) atoms. The van der Waals surface area contributed by atoms with Crippen LogP contribution in [0.25, 0.3) is 11.0 Å². The van der Waals surface area contributed by atoms with Crippen LogP contribution in [0.3, 0.4) is 0 Å². The van der Waals surface area contributed by atoms with Crippen LogP contribution in [0.1, 0.15) is 40.4 Å². The molecular weight excluding hydrogens is 341 g/mol. The van der Waals surface area contributed by atoms with Crippen molar-refractivity contribution in [1.29, 1.82) is 0 Å². The Morgan fingerprint density at radius 3 is 2.48 bits per heavy atom. The van der Waals surface area contributed by atoms with Crippen molar-refractivity contribution in [2.45, 2.75) is 65.4 Å². The molecule has 1 atom stereocenters. The average Bonchev–Trinajstić information content (AvgIpc) is 3.00. The summed E-state index contributed by atoms with van der Waals surface area (Å²) in [6.45, 7) is 14.6. The number of nitrogens with zero attached hydrogens (tertiary/aromatic N) is 2. The van der Waals surface area contributed by atoms with E-state index in [1.807, 2.05) is 33.0 Å². The van der Waals surface area contributed by atoms with Gasteiger partial charge in [0.1, 0.15) is 5.82 Å². The highest BCUT2D eigenvalue weighted by Gasteiger charge is 2.52. The quantitative estimate of drug-likeness (QED) is 0.755. The van der Waals surface area contributed by atoms with E-state index in [4.69, 9.17) is 19.0 Å². The maximum Gasteiger partial charge on any atom is 0.497 e. The molecule has 0 bridgehead atoms. The largest absolute Gasteiger partial charge is 0.497 e. The van der Waals surface area contributed by atoms with E-state index in [1.54, 1.807) is 0 Å². The molecule has 1 aromatic heterocycles. The normalized spacial score (nSPS) is 19.7. The van der Waals surface area contributed by atoms with Crippen molar-refractivity contribution in [2.75, 3.05) is 20.2 Å². The highest BCUT2D eigenvalue weighted by molar-refractivity contribution is 6.64. The molecular formula is C20H32BN3O3. The molecule has 6 nitrogen and oxygen atoms in total. The number of benzene rings is 1. The Morgan fingerprint density at radius 2 is 1.89 bits per heavy atom. The fourth-order valence-corrected chi connectivity index (χ4v) is 3.56. The van der Waals surface area contributed by atoms with Gasteiger partial charge in [-0.2, -0.15) is 0 Å². The number of imidazole rings is 1. The van der Waals surface area contributed by atoms with Gasteiger partial charge in [0, 0.05) is 18.6 Å². The number of fused-ring (bicyclic) bond motifs is 1. The molecule has 3 rings (SSSR count). The van der Waals surface area contributed by atoms with Gasteiger partial charge in [0.2, 0.25) is 0 Å². The number of hydrogen-bond donors (Lipinski definition) is 1. The van der Waals surface area contributed by atoms with Crippen molar-refractivity contribution in [3.8, 4) is 0 Å². The van der Waals surface area contributed by atoms with Crippen molar-refractivity contribution < 1.29 is 14.0 Å². The summed E-state index contributed by atoms with van der Waals surface area (Å²) >= 11 is 0. The summed E-state index contributed by atoms with van der Waals surface area (Å²) in [5.41, 5.74) is 2.29. The third-order valence-electron chi connectivity index (χ3n) is 5.72. The van der Waals surface area contributed by atoms with E-state index in [0.717, 1.165) is 35.4 Å². The molecule has 7 heteroatoms. The first-order valence-electron chi connectivity index (χ1n) is 9.77. The van der Waals surface area contributed by atoms with Crippen LogP contribution in [0, 0.1) is 6.92 Å². The molecule has 2 aromatic rings. The Labute approximate surface area is 162 Å². The van der Waals surface area contributed by atoms with Crippen LogP contribution in [0.5, 0.6) is 0 Å². The molecule has 0 aliphatic carbocycles. The van der Waals surface area contributed by atoms with Crippen LogP contribution in [0.4, 0.5) is 0 Å². The molecule has 0 saturated carbocycles. The van der Waals surface area contributed by atoms with Gasteiger partial charge in [0.05, 0.1) is 34.9 Å². The first-order valence-corrected chi connectivity index (χ1v) is 9.77. The number of hydrogen-bond acceptors (Lipinski definition) is 5. The maximum absolute atomic E-state index is 6.32. The van der Waals surface area contributed by atoms with E-state index in [-0.39, 0.29) is 17.3 Å². The lowest BCUT2D eigenvalue weighted by Gasteiger charge is -2.32. The molecule has 148 valence electrons. The second-order valence-corrected chi connectivity index (χ2v) is 8.21. The van der Waals surface area contributed by atoms with Gasteiger partial charge in [-0.1, -0.05) is 12.1 Å². The number of ether oxygens (including phenoxy) is 1. The van der Waals surface area contributed by atoms with Crippen molar-refractivity contribution >= 4 is 23.6 Å². The zero-order valence-corrected chi connectivity index (χ0v) is 17.6. The Bertz CT molecular complexity index is 781. The van der Waals surface area contributed by atoms with Crippen molar-refractivity contribution in [1.82, 2.24) is 14.9 Å². The van der Waals surface area contributed by atoms with Gasteiger partial charge < -0.3 is 23.9 Å². The molecule has 1 saturated heterocycles. The van der Waals surface area contributed by atoms with Crippen LogP contribution in [0.2, 0.25) is 0 Å². The van der Waals surface area contributed by atoms with Gasteiger partial charge >= 0.3 is 7.12 Å². The number of rotatable bonds is 7. The van der Waals surface area contributed by atoms with Crippen LogP contribution in [0.15, 0.2) is 18.2 Å². The van der Waals surface area contributed by atoms with Gasteiger partial charge in [0.25, 0.3) is 0 Å². The molecule has 1 aliphatic heterocycles. The van der Waals surface area contributed by atoms with E-state index < -0.39 is 7.12 Å². The summed E-state index contributed by atoms with van der Waals surface area (Å²) in [5, 5.41) is 3.22. The second-order valence-electron chi connectivity index (χ2n) is 8.21. The van der Waals surface area contributed by atoms with Crippen LogP contribution in [-0.4, -0.2) is 54.2 Å². The van der Waals surface area contributed by atoms with Crippen LogP contribution < -0.4 is 10.8 Å². The summed E-state index contributed by atoms with van der Waals surface area (Å²) in [6.07, 6.45) is 0.0717. The Morgan fingerprint density at radius 1 is 1.22 bits per heavy atom. The number of aromatic nitrogens is 2. The monoisotopic (exact) mass is 373 g/mol. The smallest absolute Gasteiger partial charge is 0.399 e. The number of aryl methyl sites for hydroxylation is 1. The lowest BCUT2D eigenvalue weighted by atomic mass is 9.78. The first kappa shape index (κ1) is 20.3. The van der Waals surface area contributed by atoms with E-state index >= 15 is 0 Å². The van der Waals surface area contributed by atoms with E-state index in [1.165, 1.54) is 0 Å². The lowest BCUT2D eigenvalue weighted by molar-refractivity contribution is 0.00578. The number of para-hydroxylation sites is 1. The predicted molar refractivity (Wildman–Crippen MR) is 110 cm³/mol. The lowest BCUT2D eigenvalue weighted by Crippen LogP contribution is -2.41. The third-order valence-corrected chi connectivity index (χ3v) is 5.72. The molecule has 1 aromatic carbocycles. The van der Waals surface area contributed by atoms with E-state index in [0.29, 0.717) is 6.61 Å². The summed E-state index contributed by atoms with van der Waals surface area (Å²) in [6, 6.07) is 6.14. The highest BCUT2D eigenvalue weighted by atomic mass is 16.7. The van der Waals surface area contributed by atoms with Crippen LogP contribution >= 0.6 is 0 Å². The maximum atomic E-state index is 6.32. The van der Waals surface area contributed by atoms with Crippen LogP contribution in [-0.2, 0) is 20.6 Å². The third kappa shape index (κ3) is 3.79. The van der Waals surface area contributed by atoms with E-state index in [2.05, 4.69) is 43.6 Å². The van der Waals surface area contributed by atoms with Gasteiger partial charge in [-0.3, -0.25) is 0 Å². The fraction of sp³-hybridized carbons (Fsp3) is 0.650. The molecule has 0 radical (unpaired) electrons. The van der Waals surface area contributed by atoms with Crippen molar-refractivity contribution in [2.24, 2.45) is 0 Å². The molecule has 2 heterocycles. The second kappa shape index (κ2) is 7.55. The number of likely N-dealkylation sites (N-methyl/N-ethyl adjacent to an activating group) is 1. The molecule has 0 amide bonds. The minimum atomic E-state index is -0.414. The molecule has 1 fully saturated rings. The Kier molecular flexibility index (Phi) is 5.68. The Hall–Kier alpha value is -1.41. The highest BCUT2D eigenvalue weighted by Crippen LogP contribution is 2.37. The molecule has 0 unspecified atom stereocenters. The summed E-state index contributed by atoms with van der Waals surface area (Å²) < 4.78 is 20.8. The molecule has 1 N–H and O–H groups in total. The molecule has 1 aliphatic rings. The minimum absolute atomic E-state index is 0.0717. The topological polar surface area (TPSA) is 57.5 Å². The van der Waals surface area contributed by atoms with E-state index in [9.17, 15) is 0 Å². The minimum Gasteiger partial charge on any atom is -0.399 e. The van der Waals surface area contributed by atoms with Gasteiger partial charge in [-0.05, 0) is 54.7 Å². The zero-order chi connectivity index (χ0) is 19.8. The van der Waals surface area contributed by atoms with Crippen molar-refractivity contribution in [3.63, 3.8) is 0 Å². The average molecular weight is 373 g/mol. The Balaban J connectivity index is 2.03.